The third-order valence-electron chi connectivity index (χ3n) is 4.78. The number of para-hydroxylation sites is 1. The number of hydrogen-bond donors (Lipinski definition) is 2. The summed E-state index contributed by atoms with van der Waals surface area (Å²) in [4.78, 5) is 24.7. The van der Waals surface area contributed by atoms with Gasteiger partial charge in [0, 0.05) is 10.2 Å². The van der Waals surface area contributed by atoms with E-state index in [0.29, 0.717) is 16.7 Å². The summed E-state index contributed by atoms with van der Waals surface area (Å²) in [5.41, 5.74) is -0.599. The van der Waals surface area contributed by atoms with Crippen LogP contribution in [0.1, 0.15) is 21.9 Å². The van der Waals surface area contributed by atoms with Crippen molar-refractivity contribution in [3.05, 3.63) is 88.5 Å². The van der Waals surface area contributed by atoms with Crippen molar-refractivity contribution in [1.82, 2.24) is 20.1 Å². The minimum atomic E-state index is -4.60. The zero-order valence-electron chi connectivity index (χ0n) is 18.3. The fourth-order valence-electron chi connectivity index (χ4n) is 3.17. The highest BCUT2D eigenvalue weighted by Crippen LogP contribution is 2.34. The van der Waals surface area contributed by atoms with Crippen LogP contribution in [0.5, 0.6) is 0 Å². The van der Waals surface area contributed by atoms with E-state index in [0.717, 1.165) is 22.3 Å². The van der Waals surface area contributed by atoms with Crippen LogP contribution in [0.4, 0.5) is 18.9 Å². The van der Waals surface area contributed by atoms with Gasteiger partial charge < -0.3 is 15.1 Å². The largest absolute Gasteiger partial charge is 0.459 e. The number of amides is 2. The van der Waals surface area contributed by atoms with E-state index in [1.54, 1.807) is 34.9 Å². The van der Waals surface area contributed by atoms with Gasteiger partial charge in [0.1, 0.15) is 0 Å². The van der Waals surface area contributed by atoms with Crippen LogP contribution in [0.25, 0.3) is 5.69 Å². The molecule has 2 aromatic heterocycles. The number of rotatable bonds is 8. The first-order chi connectivity index (χ1) is 17.2. The van der Waals surface area contributed by atoms with Crippen molar-refractivity contribution in [2.45, 2.75) is 17.9 Å². The summed E-state index contributed by atoms with van der Waals surface area (Å²) >= 11 is 4.37. The topological polar surface area (TPSA) is 102 Å². The molecule has 0 spiro atoms. The molecule has 4 aromatic rings. The van der Waals surface area contributed by atoms with Gasteiger partial charge in [-0.05, 0) is 48.5 Å². The summed E-state index contributed by atoms with van der Waals surface area (Å²) < 4.78 is 47.2. The molecule has 186 valence electrons. The van der Waals surface area contributed by atoms with E-state index >= 15 is 0 Å². The molecule has 0 aliphatic heterocycles. The van der Waals surface area contributed by atoms with E-state index in [2.05, 4.69) is 36.8 Å². The fraction of sp³-hybridized carbons (Fsp3) is 0.130. The summed E-state index contributed by atoms with van der Waals surface area (Å²) in [7, 11) is 0. The second kappa shape index (κ2) is 11.0. The van der Waals surface area contributed by atoms with Gasteiger partial charge in [0.25, 0.3) is 5.91 Å². The zero-order chi connectivity index (χ0) is 25.7. The molecule has 0 aliphatic carbocycles. The fourth-order valence-corrected chi connectivity index (χ4v) is 4.20. The van der Waals surface area contributed by atoms with Gasteiger partial charge in [0.05, 0.1) is 29.8 Å². The van der Waals surface area contributed by atoms with Crippen LogP contribution in [0.2, 0.25) is 0 Å². The molecule has 4 rings (SSSR count). The smallest absolute Gasteiger partial charge is 0.418 e. The molecule has 8 nitrogen and oxygen atoms in total. The number of carbonyl (C=O) groups is 2. The molecular formula is C23H17BrF3N5O3S. The Morgan fingerprint density at radius 2 is 1.78 bits per heavy atom. The summed E-state index contributed by atoms with van der Waals surface area (Å²) in [6, 6.07) is 15.0. The molecule has 13 heteroatoms. The summed E-state index contributed by atoms with van der Waals surface area (Å²) in [5, 5.41) is 13.6. The maximum absolute atomic E-state index is 13.2. The van der Waals surface area contributed by atoms with Gasteiger partial charge in [-0.2, -0.15) is 13.2 Å². The number of carbonyl (C=O) groups excluding carboxylic acids is 2. The van der Waals surface area contributed by atoms with Gasteiger partial charge in [-0.3, -0.25) is 14.2 Å². The minimum absolute atomic E-state index is 0.00825. The minimum Gasteiger partial charge on any atom is -0.459 e. The molecule has 2 N–H and O–H groups in total. The summed E-state index contributed by atoms with van der Waals surface area (Å²) in [6.45, 7) is 0.00825. The quantitative estimate of drug-likeness (QED) is 0.274. The van der Waals surface area contributed by atoms with Crippen molar-refractivity contribution < 1.29 is 27.2 Å². The molecule has 0 saturated heterocycles. The first kappa shape index (κ1) is 25.5. The Kier molecular flexibility index (Phi) is 7.79. The predicted molar refractivity (Wildman–Crippen MR) is 130 cm³/mol. The summed E-state index contributed by atoms with van der Waals surface area (Å²) in [6.07, 6.45) is -3.22. The number of hydrogen-bond acceptors (Lipinski definition) is 6. The maximum atomic E-state index is 13.2. The Morgan fingerprint density at radius 1 is 1.03 bits per heavy atom. The van der Waals surface area contributed by atoms with Crippen molar-refractivity contribution >= 4 is 45.2 Å². The second-order valence-corrected chi connectivity index (χ2v) is 9.11. The van der Waals surface area contributed by atoms with E-state index in [4.69, 9.17) is 4.42 Å². The third-order valence-corrected chi connectivity index (χ3v) is 6.23. The first-order valence-corrected chi connectivity index (χ1v) is 12.1. The van der Waals surface area contributed by atoms with E-state index in [1.165, 1.54) is 30.5 Å². The van der Waals surface area contributed by atoms with Crippen LogP contribution in [0, 0.1) is 0 Å². The number of halogens is 4. The molecule has 0 bridgehead atoms. The maximum Gasteiger partial charge on any atom is 0.418 e. The number of furan rings is 1. The van der Waals surface area contributed by atoms with E-state index in [-0.39, 0.29) is 23.7 Å². The van der Waals surface area contributed by atoms with E-state index < -0.39 is 23.6 Å². The first-order valence-electron chi connectivity index (χ1n) is 10.3. The molecule has 36 heavy (non-hydrogen) atoms. The second-order valence-electron chi connectivity index (χ2n) is 7.25. The van der Waals surface area contributed by atoms with Crippen LogP contribution in [-0.2, 0) is 17.5 Å². The SMILES string of the molecule is O=C(CSc1nnc(CNC(=O)c2ccco2)n1-c1ccc(Br)cc1)Nc1ccccc1C(F)(F)F. The van der Waals surface area contributed by atoms with E-state index in [1.807, 2.05) is 0 Å². The lowest BCUT2D eigenvalue weighted by atomic mass is 10.1. The van der Waals surface area contributed by atoms with Crippen LogP contribution in [-0.4, -0.2) is 32.3 Å². The number of aromatic nitrogens is 3. The Labute approximate surface area is 215 Å². The number of alkyl halides is 3. The molecule has 0 atom stereocenters. The number of nitrogens with one attached hydrogen (secondary N) is 2. The number of nitrogens with zero attached hydrogens (tertiary/aromatic N) is 3. The van der Waals surface area contributed by atoms with Gasteiger partial charge in [0.2, 0.25) is 5.91 Å². The van der Waals surface area contributed by atoms with Crippen LogP contribution >= 0.6 is 27.7 Å². The molecule has 0 aliphatic rings. The normalized spacial score (nSPS) is 11.3. The van der Waals surface area contributed by atoms with Crippen molar-refractivity contribution in [1.29, 1.82) is 0 Å². The highest BCUT2D eigenvalue weighted by atomic mass is 79.9. The lowest BCUT2D eigenvalue weighted by molar-refractivity contribution is -0.137. The number of anilines is 1. The zero-order valence-corrected chi connectivity index (χ0v) is 20.7. The van der Waals surface area contributed by atoms with E-state index in [9.17, 15) is 22.8 Å². The third kappa shape index (κ3) is 6.15. The van der Waals surface area contributed by atoms with Gasteiger partial charge in [0.15, 0.2) is 16.7 Å². The molecule has 2 amide bonds. The molecule has 0 radical (unpaired) electrons. The Morgan fingerprint density at radius 3 is 2.47 bits per heavy atom. The molecule has 0 fully saturated rings. The lowest BCUT2D eigenvalue weighted by Gasteiger charge is -2.14. The average molecular weight is 580 g/mol. The lowest BCUT2D eigenvalue weighted by Crippen LogP contribution is -2.24. The Balaban J connectivity index is 1.51. The Bertz CT molecular complexity index is 1360. The van der Waals surface area contributed by atoms with Crippen LogP contribution < -0.4 is 10.6 Å². The van der Waals surface area contributed by atoms with Gasteiger partial charge in [-0.1, -0.05) is 39.8 Å². The molecule has 2 heterocycles. The van der Waals surface area contributed by atoms with Gasteiger partial charge >= 0.3 is 6.18 Å². The highest BCUT2D eigenvalue weighted by Gasteiger charge is 2.33. The number of thioether (sulfide) groups is 1. The monoisotopic (exact) mass is 579 g/mol. The molecular weight excluding hydrogens is 563 g/mol. The number of benzene rings is 2. The van der Waals surface area contributed by atoms with Crippen molar-refractivity contribution in [3.8, 4) is 5.69 Å². The van der Waals surface area contributed by atoms with Gasteiger partial charge in [-0.15, -0.1) is 10.2 Å². The molecule has 0 saturated carbocycles. The molecule has 0 unspecified atom stereocenters. The van der Waals surface area contributed by atoms with Gasteiger partial charge in [-0.25, -0.2) is 0 Å². The van der Waals surface area contributed by atoms with Crippen molar-refractivity contribution in [2.24, 2.45) is 0 Å². The molecule has 2 aromatic carbocycles. The van der Waals surface area contributed by atoms with Crippen LogP contribution in [0.15, 0.2) is 81.0 Å². The van der Waals surface area contributed by atoms with Crippen LogP contribution in [0.3, 0.4) is 0 Å². The Hall–Kier alpha value is -3.58. The highest BCUT2D eigenvalue weighted by molar-refractivity contribution is 9.10. The standard InChI is InChI=1S/C23H17BrF3N5O3S/c24-14-7-9-15(10-8-14)32-19(12-28-21(34)18-6-3-11-35-18)30-31-22(32)36-13-20(33)29-17-5-2-1-4-16(17)23(25,26)27/h1-11H,12-13H2,(H,28,34)(H,29,33). The van der Waals surface area contributed by atoms with Crippen molar-refractivity contribution in [3.63, 3.8) is 0 Å². The summed E-state index contributed by atoms with van der Waals surface area (Å²) in [5.74, 6) is -0.797. The predicted octanol–water partition coefficient (Wildman–Crippen LogP) is 5.30. The average Bonchev–Trinajstić information content (AvgIpc) is 3.52. The van der Waals surface area contributed by atoms with Crippen molar-refractivity contribution in [2.75, 3.05) is 11.1 Å².